The summed E-state index contributed by atoms with van der Waals surface area (Å²) in [6, 6.07) is 6.89. The highest BCUT2D eigenvalue weighted by Gasteiger charge is 2.05. The summed E-state index contributed by atoms with van der Waals surface area (Å²) in [5, 5.41) is 5.63. The molecule has 0 aliphatic heterocycles. The fourth-order valence-corrected chi connectivity index (χ4v) is 1.85. The third-order valence-corrected chi connectivity index (χ3v) is 3.02. The van der Waals surface area contributed by atoms with E-state index in [-0.39, 0.29) is 24.2 Å². The third kappa shape index (κ3) is 6.44. The number of pyridine rings is 2. The molecule has 0 unspecified atom stereocenters. The lowest BCUT2D eigenvalue weighted by Crippen LogP contribution is -3.00. The second-order valence-corrected chi connectivity index (χ2v) is 4.70. The highest BCUT2D eigenvalue weighted by Crippen LogP contribution is 1.97. The fourth-order valence-electron chi connectivity index (χ4n) is 1.85. The van der Waals surface area contributed by atoms with Crippen LogP contribution in [0.15, 0.2) is 49.1 Å². The molecular formula is C16H18ClN4O2-. The van der Waals surface area contributed by atoms with E-state index in [0.717, 1.165) is 12.8 Å². The standard InChI is InChI=1S/C16H18N4O2.ClH/c21-15(13-5-3-7-17-11-13)19-9-1-2-10-20-16(22)14-6-4-8-18-12-14;/h3-8,11-12H,1-2,9-10H2,(H,19,21)(H,20,22);1H/p-1. The van der Waals surface area contributed by atoms with Crippen LogP contribution in [-0.4, -0.2) is 34.9 Å². The number of carbonyl (C=O) groups is 2. The minimum Gasteiger partial charge on any atom is -1.00 e. The Bertz CT molecular complexity index is 552. The van der Waals surface area contributed by atoms with Crippen LogP contribution in [0.5, 0.6) is 0 Å². The second-order valence-electron chi connectivity index (χ2n) is 4.70. The van der Waals surface area contributed by atoms with Crippen molar-refractivity contribution in [1.82, 2.24) is 20.6 Å². The maximum atomic E-state index is 11.7. The van der Waals surface area contributed by atoms with Crippen molar-refractivity contribution in [3.05, 3.63) is 60.2 Å². The molecule has 2 amide bonds. The number of carbonyl (C=O) groups excluding carboxylic acids is 2. The van der Waals surface area contributed by atoms with E-state index in [2.05, 4.69) is 20.6 Å². The van der Waals surface area contributed by atoms with E-state index in [1.807, 2.05) is 0 Å². The van der Waals surface area contributed by atoms with E-state index in [1.54, 1.807) is 36.7 Å². The molecule has 0 aliphatic rings. The van der Waals surface area contributed by atoms with E-state index in [1.165, 1.54) is 12.4 Å². The van der Waals surface area contributed by atoms with Gasteiger partial charge in [-0.3, -0.25) is 19.6 Å². The first-order chi connectivity index (χ1) is 10.8. The molecule has 0 fully saturated rings. The van der Waals surface area contributed by atoms with Gasteiger partial charge in [-0.1, -0.05) is 0 Å². The van der Waals surface area contributed by atoms with Crippen molar-refractivity contribution in [3.8, 4) is 0 Å². The lowest BCUT2D eigenvalue weighted by atomic mass is 10.2. The largest absolute Gasteiger partial charge is 1.00 e. The van der Waals surface area contributed by atoms with Crippen LogP contribution in [0.1, 0.15) is 33.6 Å². The first-order valence-corrected chi connectivity index (χ1v) is 7.14. The second kappa shape index (κ2) is 10.3. The van der Waals surface area contributed by atoms with Gasteiger partial charge in [0.15, 0.2) is 0 Å². The van der Waals surface area contributed by atoms with Gasteiger partial charge < -0.3 is 23.0 Å². The highest BCUT2D eigenvalue weighted by atomic mass is 35.5. The molecule has 2 rings (SSSR count). The van der Waals surface area contributed by atoms with Crippen molar-refractivity contribution >= 4 is 11.8 Å². The lowest BCUT2D eigenvalue weighted by molar-refractivity contribution is -0.0000212. The average molecular weight is 334 g/mol. The summed E-state index contributed by atoms with van der Waals surface area (Å²) in [7, 11) is 0. The molecule has 7 heteroatoms. The zero-order valence-electron chi connectivity index (χ0n) is 12.5. The van der Waals surface area contributed by atoms with Gasteiger partial charge in [0.1, 0.15) is 0 Å². The molecule has 6 nitrogen and oxygen atoms in total. The number of amides is 2. The zero-order valence-corrected chi connectivity index (χ0v) is 13.3. The Morgan fingerprint density at radius 3 is 1.61 bits per heavy atom. The van der Waals surface area contributed by atoms with Gasteiger partial charge in [-0.2, -0.15) is 0 Å². The fraction of sp³-hybridized carbons (Fsp3) is 0.250. The van der Waals surface area contributed by atoms with Crippen LogP contribution in [0.4, 0.5) is 0 Å². The van der Waals surface area contributed by atoms with Crippen molar-refractivity contribution in [1.29, 1.82) is 0 Å². The number of unbranched alkanes of at least 4 members (excludes halogenated alkanes) is 1. The van der Waals surface area contributed by atoms with Gasteiger partial charge in [0, 0.05) is 37.9 Å². The minimum absolute atomic E-state index is 0. The van der Waals surface area contributed by atoms with Gasteiger partial charge in [-0.05, 0) is 37.1 Å². The van der Waals surface area contributed by atoms with Crippen LogP contribution in [0, 0.1) is 0 Å². The quantitative estimate of drug-likeness (QED) is 0.599. The summed E-state index contributed by atoms with van der Waals surface area (Å²) in [4.78, 5) is 31.3. The number of aromatic nitrogens is 2. The predicted molar refractivity (Wildman–Crippen MR) is 82.4 cm³/mol. The molecule has 0 spiro atoms. The minimum atomic E-state index is -0.132. The molecular weight excluding hydrogens is 316 g/mol. The van der Waals surface area contributed by atoms with E-state index >= 15 is 0 Å². The van der Waals surface area contributed by atoms with Crippen LogP contribution >= 0.6 is 0 Å². The van der Waals surface area contributed by atoms with Gasteiger partial charge in [0.2, 0.25) is 0 Å². The maximum Gasteiger partial charge on any atom is 0.252 e. The number of nitrogens with one attached hydrogen (secondary N) is 2. The van der Waals surface area contributed by atoms with Gasteiger partial charge in [-0.25, -0.2) is 0 Å². The SMILES string of the molecule is O=C(NCCCCNC(=O)c1cccnc1)c1cccnc1.[Cl-]. The molecule has 0 saturated carbocycles. The zero-order chi connectivity index (χ0) is 15.6. The summed E-state index contributed by atoms with van der Waals surface area (Å²) in [6.45, 7) is 1.13. The summed E-state index contributed by atoms with van der Waals surface area (Å²) in [6.07, 6.45) is 7.90. The van der Waals surface area contributed by atoms with E-state index in [4.69, 9.17) is 0 Å². The Labute approximate surface area is 141 Å². The van der Waals surface area contributed by atoms with Gasteiger partial charge in [-0.15, -0.1) is 0 Å². The number of hydrogen-bond acceptors (Lipinski definition) is 4. The lowest BCUT2D eigenvalue weighted by Gasteiger charge is -2.06. The average Bonchev–Trinajstić information content (AvgIpc) is 2.59. The number of halogens is 1. The van der Waals surface area contributed by atoms with Gasteiger partial charge in [0.25, 0.3) is 11.8 Å². The molecule has 0 atom stereocenters. The Morgan fingerprint density at radius 2 is 1.26 bits per heavy atom. The molecule has 2 N–H and O–H groups in total. The molecule has 23 heavy (non-hydrogen) atoms. The predicted octanol–water partition coefficient (Wildman–Crippen LogP) is -1.58. The molecule has 0 bridgehead atoms. The van der Waals surface area contributed by atoms with Crippen molar-refractivity contribution in [3.63, 3.8) is 0 Å². The first kappa shape index (κ1) is 18.6. The topological polar surface area (TPSA) is 84.0 Å². The molecule has 0 radical (unpaired) electrons. The van der Waals surface area contributed by atoms with Crippen molar-refractivity contribution in [2.24, 2.45) is 0 Å². The maximum absolute atomic E-state index is 11.7. The molecule has 0 saturated heterocycles. The monoisotopic (exact) mass is 333 g/mol. The van der Waals surface area contributed by atoms with Crippen molar-refractivity contribution < 1.29 is 22.0 Å². The Hall–Kier alpha value is -2.47. The molecule has 2 heterocycles. The smallest absolute Gasteiger partial charge is 0.252 e. The summed E-state index contributed by atoms with van der Waals surface area (Å²) in [5.41, 5.74) is 1.10. The molecule has 2 aromatic rings. The normalized spacial score (nSPS) is 9.57. The van der Waals surface area contributed by atoms with E-state index in [0.29, 0.717) is 24.2 Å². The third-order valence-electron chi connectivity index (χ3n) is 3.02. The molecule has 2 aromatic heterocycles. The Kier molecular flexibility index (Phi) is 8.31. The summed E-state index contributed by atoms with van der Waals surface area (Å²) in [5.74, 6) is -0.264. The first-order valence-electron chi connectivity index (χ1n) is 7.14. The summed E-state index contributed by atoms with van der Waals surface area (Å²) < 4.78 is 0. The van der Waals surface area contributed by atoms with Gasteiger partial charge in [0.05, 0.1) is 11.1 Å². The van der Waals surface area contributed by atoms with Crippen LogP contribution in [-0.2, 0) is 0 Å². The van der Waals surface area contributed by atoms with Crippen LogP contribution in [0.2, 0.25) is 0 Å². The van der Waals surface area contributed by atoms with Crippen LogP contribution < -0.4 is 23.0 Å². The van der Waals surface area contributed by atoms with E-state index < -0.39 is 0 Å². The molecule has 0 aromatic carbocycles. The Morgan fingerprint density at radius 1 is 0.826 bits per heavy atom. The number of nitrogens with zero attached hydrogens (tertiary/aromatic N) is 2. The van der Waals surface area contributed by atoms with Crippen molar-refractivity contribution in [2.45, 2.75) is 12.8 Å². The van der Waals surface area contributed by atoms with Crippen LogP contribution in [0.3, 0.4) is 0 Å². The Balaban J connectivity index is 0.00000264. The number of rotatable bonds is 7. The highest BCUT2D eigenvalue weighted by molar-refractivity contribution is 5.94. The summed E-state index contributed by atoms with van der Waals surface area (Å²) >= 11 is 0. The van der Waals surface area contributed by atoms with Gasteiger partial charge >= 0.3 is 0 Å². The van der Waals surface area contributed by atoms with Crippen LogP contribution in [0.25, 0.3) is 0 Å². The molecule has 122 valence electrons. The van der Waals surface area contributed by atoms with E-state index in [9.17, 15) is 9.59 Å². The molecule has 0 aliphatic carbocycles. The van der Waals surface area contributed by atoms with Crippen molar-refractivity contribution in [2.75, 3.05) is 13.1 Å². The number of hydrogen-bond donors (Lipinski definition) is 2.